The molecule has 2 aliphatic heterocycles. The molecule has 4 rings (SSSR count). The first-order chi connectivity index (χ1) is 13.0. The van der Waals surface area contributed by atoms with Crippen LogP contribution >= 0.6 is 23.2 Å². The number of anilines is 1. The lowest BCUT2D eigenvalue weighted by molar-refractivity contribution is 0.0794. The Morgan fingerprint density at radius 1 is 1.04 bits per heavy atom. The van der Waals surface area contributed by atoms with Gasteiger partial charge in [-0.15, -0.1) is 0 Å². The molecular weight excluding hydrogens is 391 g/mol. The molecule has 1 saturated heterocycles. The number of rotatable bonds is 3. The third-order valence-electron chi connectivity index (χ3n) is 4.54. The first-order valence-corrected chi connectivity index (χ1v) is 9.28. The van der Waals surface area contributed by atoms with Crippen LogP contribution in [0.5, 0.6) is 11.5 Å². The molecule has 0 atom stereocenters. The Balaban J connectivity index is 1.62. The quantitative estimate of drug-likeness (QED) is 0.828. The summed E-state index contributed by atoms with van der Waals surface area (Å²) >= 11 is 12.2. The van der Waals surface area contributed by atoms with Gasteiger partial charge in [0.25, 0.3) is 11.8 Å². The third kappa shape index (κ3) is 3.55. The zero-order valence-electron chi connectivity index (χ0n) is 14.3. The fourth-order valence-electron chi connectivity index (χ4n) is 3.19. The number of fused-ring (bicyclic) bond motifs is 1. The lowest BCUT2D eigenvalue weighted by Gasteiger charge is -2.18. The monoisotopic (exact) mass is 406 g/mol. The van der Waals surface area contributed by atoms with Gasteiger partial charge in [-0.25, -0.2) is 0 Å². The van der Waals surface area contributed by atoms with E-state index in [0.29, 0.717) is 51.4 Å². The van der Waals surface area contributed by atoms with Gasteiger partial charge in [0.2, 0.25) is 6.79 Å². The van der Waals surface area contributed by atoms with E-state index in [1.54, 1.807) is 29.2 Å². The highest BCUT2D eigenvalue weighted by atomic mass is 35.5. The van der Waals surface area contributed by atoms with Gasteiger partial charge >= 0.3 is 0 Å². The van der Waals surface area contributed by atoms with Crippen LogP contribution in [0.15, 0.2) is 30.3 Å². The highest BCUT2D eigenvalue weighted by molar-refractivity contribution is 6.33. The van der Waals surface area contributed by atoms with E-state index in [1.807, 2.05) is 0 Å². The van der Waals surface area contributed by atoms with Gasteiger partial charge in [-0.05, 0) is 43.2 Å². The van der Waals surface area contributed by atoms with Crippen molar-refractivity contribution < 1.29 is 19.1 Å². The standard InChI is InChI=1S/C19H16Cl2N2O4/c20-12-3-4-15(13(9-12)19(25)23-5-1-2-6-23)22-18(24)11-7-14(21)17-16(8-11)26-10-27-17/h3-4,7-9H,1-2,5-6,10H2,(H,22,24). The maximum Gasteiger partial charge on any atom is 0.256 e. The maximum absolute atomic E-state index is 12.8. The SMILES string of the molecule is O=C(Nc1ccc(Cl)cc1C(=O)N1CCCC1)c1cc(Cl)c2c(c1)OCO2. The first-order valence-electron chi connectivity index (χ1n) is 8.52. The van der Waals surface area contributed by atoms with Crippen LogP contribution < -0.4 is 14.8 Å². The number of hydrogen-bond acceptors (Lipinski definition) is 4. The van der Waals surface area contributed by atoms with Gasteiger partial charge in [-0.1, -0.05) is 23.2 Å². The number of ether oxygens (including phenoxy) is 2. The van der Waals surface area contributed by atoms with Crippen LogP contribution in [0.25, 0.3) is 0 Å². The van der Waals surface area contributed by atoms with Crippen LogP contribution in [-0.2, 0) is 0 Å². The summed E-state index contributed by atoms with van der Waals surface area (Å²) in [6.07, 6.45) is 1.95. The summed E-state index contributed by atoms with van der Waals surface area (Å²) in [5.41, 5.74) is 1.07. The van der Waals surface area contributed by atoms with Crippen molar-refractivity contribution in [2.75, 3.05) is 25.2 Å². The minimum Gasteiger partial charge on any atom is -0.454 e. The Kier molecular flexibility index (Phi) is 4.85. The molecule has 27 heavy (non-hydrogen) atoms. The molecule has 140 valence electrons. The number of nitrogens with one attached hydrogen (secondary N) is 1. The average molecular weight is 407 g/mol. The van der Waals surface area contributed by atoms with Crippen molar-refractivity contribution >= 4 is 40.7 Å². The fourth-order valence-corrected chi connectivity index (χ4v) is 3.62. The van der Waals surface area contributed by atoms with E-state index in [0.717, 1.165) is 12.8 Å². The van der Waals surface area contributed by atoms with Crippen LogP contribution in [0.3, 0.4) is 0 Å². The molecule has 1 N–H and O–H groups in total. The molecule has 0 radical (unpaired) electrons. The van der Waals surface area contributed by atoms with E-state index in [4.69, 9.17) is 32.7 Å². The number of benzene rings is 2. The van der Waals surface area contributed by atoms with Crippen molar-refractivity contribution in [3.63, 3.8) is 0 Å². The largest absolute Gasteiger partial charge is 0.454 e. The number of hydrogen-bond donors (Lipinski definition) is 1. The molecule has 6 nitrogen and oxygen atoms in total. The van der Waals surface area contributed by atoms with Crippen molar-refractivity contribution in [2.24, 2.45) is 0 Å². The van der Waals surface area contributed by atoms with Gasteiger partial charge in [-0.3, -0.25) is 9.59 Å². The van der Waals surface area contributed by atoms with Crippen LogP contribution in [0.4, 0.5) is 5.69 Å². The predicted octanol–water partition coefficient (Wildman–Crippen LogP) is 4.21. The number of halogens is 2. The molecular formula is C19H16Cl2N2O4. The summed E-state index contributed by atoms with van der Waals surface area (Å²) in [5, 5.41) is 3.50. The molecule has 0 saturated carbocycles. The molecule has 2 amide bonds. The maximum atomic E-state index is 12.8. The van der Waals surface area contributed by atoms with Crippen molar-refractivity contribution in [3.05, 3.63) is 51.5 Å². The van der Waals surface area contributed by atoms with E-state index >= 15 is 0 Å². The molecule has 0 aliphatic carbocycles. The molecule has 2 aromatic carbocycles. The first kappa shape index (κ1) is 17.9. The Morgan fingerprint density at radius 2 is 1.81 bits per heavy atom. The van der Waals surface area contributed by atoms with Crippen LogP contribution in [0, 0.1) is 0 Å². The second-order valence-electron chi connectivity index (χ2n) is 6.34. The summed E-state index contributed by atoms with van der Waals surface area (Å²) < 4.78 is 10.6. The highest BCUT2D eigenvalue weighted by Gasteiger charge is 2.24. The second kappa shape index (κ2) is 7.29. The van der Waals surface area contributed by atoms with Crippen LogP contribution in [0.1, 0.15) is 33.6 Å². The van der Waals surface area contributed by atoms with E-state index in [-0.39, 0.29) is 12.7 Å². The summed E-state index contributed by atoms with van der Waals surface area (Å²) in [6, 6.07) is 7.89. The highest BCUT2D eigenvalue weighted by Crippen LogP contribution is 2.40. The fraction of sp³-hybridized carbons (Fsp3) is 0.263. The van der Waals surface area contributed by atoms with Crippen LogP contribution in [-0.4, -0.2) is 36.6 Å². The summed E-state index contributed by atoms with van der Waals surface area (Å²) in [4.78, 5) is 27.3. The van der Waals surface area contributed by atoms with Crippen molar-refractivity contribution in [1.29, 1.82) is 0 Å². The normalized spacial score (nSPS) is 15.1. The van der Waals surface area contributed by atoms with Gasteiger partial charge in [0.15, 0.2) is 11.5 Å². The molecule has 0 unspecified atom stereocenters. The number of carbonyl (C=O) groups is 2. The number of amides is 2. The van der Waals surface area contributed by atoms with Crippen molar-refractivity contribution in [2.45, 2.75) is 12.8 Å². The van der Waals surface area contributed by atoms with E-state index in [1.165, 1.54) is 6.07 Å². The number of likely N-dealkylation sites (tertiary alicyclic amines) is 1. The van der Waals surface area contributed by atoms with Gasteiger partial charge in [-0.2, -0.15) is 0 Å². The smallest absolute Gasteiger partial charge is 0.256 e. The summed E-state index contributed by atoms with van der Waals surface area (Å²) in [6.45, 7) is 1.47. The van der Waals surface area contributed by atoms with Gasteiger partial charge in [0.05, 0.1) is 16.3 Å². The molecule has 0 aromatic heterocycles. The molecule has 8 heteroatoms. The van der Waals surface area contributed by atoms with Crippen molar-refractivity contribution in [1.82, 2.24) is 4.90 Å². The van der Waals surface area contributed by atoms with E-state index in [9.17, 15) is 9.59 Å². The molecule has 1 fully saturated rings. The van der Waals surface area contributed by atoms with Crippen molar-refractivity contribution in [3.8, 4) is 11.5 Å². The predicted molar refractivity (Wildman–Crippen MR) is 102 cm³/mol. The third-order valence-corrected chi connectivity index (χ3v) is 5.06. The van der Waals surface area contributed by atoms with Gasteiger partial charge in [0, 0.05) is 23.7 Å². The second-order valence-corrected chi connectivity index (χ2v) is 7.18. The molecule has 2 heterocycles. The Morgan fingerprint density at radius 3 is 2.59 bits per heavy atom. The molecule has 2 aliphatic rings. The Labute approximate surface area is 165 Å². The lowest BCUT2D eigenvalue weighted by atomic mass is 10.1. The van der Waals surface area contributed by atoms with E-state index < -0.39 is 5.91 Å². The minimum absolute atomic E-state index is 0.0613. The topological polar surface area (TPSA) is 67.9 Å². The molecule has 0 bridgehead atoms. The molecule has 2 aromatic rings. The summed E-state index contributed by atoms with van der Waals surface area (Å²) in [5.74, 6) is 0.281. The minimum atomic E-state index is -0.409. The van der Waals surface area contributed by atoms with Crippen LogP contribution in [0.2, 0.25) is 10.0 Å². The average Bonchev–Trinajstić information content (AvgIpc) is 3.34. The zero-order valence-corrected chi connectivity index (χ0v) is 15.8. The van der Waals surface area contributed by atoms with Gasteiger partial charge in [0.1, 0.15) is 0 Å². The molecule has 0 spiro atoms. The van der Waals surface area contributed by atoms with Gasteiger partial charge < -0.3 is 19.7 Å². The number of nitrogens with zero attached hydrogens (tertiary/aromatic N) is 1. The zero-order chi connectivity index (χ0) is 19.0. The Bertz CT molecular complexity index is 926. The Hall–Kier alpha value is -2.44. The van der Waals surface area contributed by atoms with E-state index in [2.05, 4.69) is 5.32 Å². The lowest BCUT2D eigenvalue weighted by Crippen LogP contribution is -2.28. The summed E-state index contributed by atoms with van der Waals surface area (Å²) in [7, 11) is 0. The number of carbonyl (C=O) groups excluding carboxylic acids is 2.